The Morgan fingerprint density at radius 3 is 2.75 bits per heavy atom. The van der Waals surface area contributed by atoms with Crippen LogP contribution in [0.3, 0.4) is 0 Å². The van der Waals surface area contributed by atoms with Gasteiger partial charge in [0.05, 0.1) is 23.3 Å². The number of alkyl halides is 3. The molecule has 1 aliphatic heterocycles. The number of nitrogens with one attached hydrogen (secondary N) is 1. The largest absolute Gasteiger partial charge is 0.417 e. The number of urea groups is 1. The van der Waals surface area contributed by atoms with Crippen LogP contribution in [0.1, 0.15) is 11.1 Å². The maximum absolute atomic E-state index is 12.9. The van der Waals surface area contributed by atoms with E-state index in [-0.39, 0.29) is 18.7 Å². The first-order chi connectivity index (χ1) is 13.2. The van der Waals surface area contributed by atoms with Gasteiger partial charge in [-0.15, -0.1) is 0 Å². The van der Waals surface area contributed by atoms with Crippen LogP contribution in [0.15, 0.2) is 36.8 Å². The number of aromatic nitrogens is 2. The van der Waals surface area contributed by atoms with Crippen LogP contribution in [0.2, 0.25) is 5.02 Å². The van der Waals surface area contributed by atoms with Gasteiger partial charge in [0.15, 0.2) is 5.82 Å². The van der Waals surface area contributed by atoms with Gasteiger partial charge in [-0.2, -0.15) is 13.2 Å². The number of halogens is 4. The quantitative estimate of drug-likeness (QED) is 0.836. The van der Waals surface area contributed by atoms with Crippen molar-refractivity contribution in [3.63, 3.8) is 0 Å². The normalized spacial score (nSPS) is 17.2. The molecule has 1 N–H and O–H groups in total. The molecule has 148 valence electrons. The van der Waals surface area contributed by atoms with Gasteiger partial charge in [0.2, 0.25) is 5.91 Å². The molecular formula is C17H15ClF3N5O2. The molecule has 0 unspecified atom stereocenters. The van der Waals surface area contributed by atoms with E-state index < -0.39 is 34.7 Å². The molecular weight excluding hydrogens is 399 g/mol. The zero-order valence-corrected chi connectivity index (χ0v) is 15.3. The van der Waals surface area contributed by atoms with Gasteiger partial charge in [-0.3, -0.25) is 14.7 Å². The Hall–Kier alpha value is -2.88. The van der Waals surface area contributed by atoms with Crippen molar-refractivity contribution in [1.29, 1.82) is 0 Å². The molecule has 1 saturated heterocycles. The van der Waals surface area contributed by atoms with E-state index in [1.54, 1.807) is 0 Å². The predicted octanol–water partition coefficient (Wildman–Crippen LogP) is 2.71. The Balaban J connectivity index is 1.70. The summed E-state index contributed by atoms with van der Waals surface area (Å²) in [5, 5.41) is 2.07. The molecule has 7 nitrogen and oxygen atoms in total. The SMILES string of the molecule is CN1C(=O)N(c2cnccn2)C[C@H]1C(=O)NCc1cccc(C(F)(F)F)c1Cl. The van der Waals surface area contributed by atoms with Crippen LogP contribution in [0.25, 0.3) is 0 Å². The lowest BCUT2D eigenvalue weighted by Gasteiger charge is -2.18. The van der Waals surface area contributed by atoms with E-state index >= 15 is 0 Å². The Labute approximate surface area is 163 Å². The zero-order valence-electron chi connectivity index (χ0n) is 14.6. The number of anilines is 1. The molecule has 1 aromatic heterocycles. The predicted molar refractivity (Wildman–Crippen MR) is 94.6 cm³/mol. The van der Waals surface area contributed by atoms with E-state index in [9.17, 15) is 22.8 Å². The summed E-state index contributed by atoms with van der Waals surface area (Å²) in [5.74, 6) is -0.216. The molecule has 28 heavy (non-hydrogen) atoms. The van der Waals surface area contributed by atoms with Crippen LogP contribution < -0.4 is 10.2 Å². The van der Waals surface area contributed by atoms with Crippen LogP contribution >= 0.6 is 11.6 Å². The molecule has 0 aliphatic carbocycles. The Kier molecular flexibility index (Phi) is 5.41. The minimum absolute atomic E-state index is 0.0379. The summed E-state index contributed by atoms with van der Waals surface area (Å²) < 4.78 is 38.8. The van der Waals surface area contributed by atoms with Gasteiger partial charge in [0.1, 0.15) is 6.04 Å². The lowest BCUT2D eigenvalue weighted by atomic mass is 10.1. The van der Waals surface area contributed by atoms with Crippen molar-refractivity contribution in [2.75, 3.05) is 18.5 Å². The van der Waals surface area contributed by atoms with Crippen molar-refractivity contribution in [2.45, 2.75) is 18.8 Å². The average Bonchev–Trinajstić information content (AvgIpc) is 2.96. The lowest BCUT2D eigenvalue weighted by Crippen LogP contribution is -2.43. The first kappa shape index (κ1) is 19.9. The lowest BCUT2D eigenvalue weighted by molar-refractivity contribution is -0.137. The Bertz CT molecular complexity index is 894. The fourth-order valence-corrected chi connectivity index (χ4v) is 3.11. The molecule has 2 heterocycles. The summed E-state index contributed by atoms with van der Waals surface area (Å²) >= 11 is 5.83. The second kappa shape index (κ2) is 7.63. The third-order valence-corrected chi connectivity index (χ3v) is 4.77. The van der Waals surface area contributed by atoms with Crippen LogP contribution in [0.4, 0.5) is 23.8 Å². The number of carbonyl (C=O) groups is 2. The first-order valence-corrected chi connectivity index (χ1v) is 8.50. The van der Waals surface area contributed by atoms with Gasteiger partial charge in [0, 0.05) is 26.0 Å². The summed E-state index contributed by atoms with van der Waals surface area (Å²) in [5.41, 5.74) is -0.842. The molecule has 1 atom stereocenters. The van der Waals surface area contributed by atoms with E-state index in [0.717, 1.165) is 6.07 Å². The highest BCUT2D eigenvalue weighted by atomic mass is 35.5. The number of amides is 3. The summed E-state index contributed by atoms with van der Waals surface area (Å²) in [6.07, 6.45) is -0.316. The molecule has 0 spiro atoms. The highest BCUT2D eigenvalue weighted by molar-refractivity contribution is 6.32. The van der Waals surface area contributed by atoms with Crippen LogP contribution in [-0.2, 0) is 17.5 Å². The van der Waals surface area contributed by atoms with Crippen molar-refractivity contribution in [3.8, 4) is 0 Å². The highest BCUT2D eigenvalue weighted by Gasteiger charge is 2.40. The first-order valence-electron chi connectivity index (χ1n) is 8.12. The van der Waals surface area contributed by atoms with Crippen molar-refractivity contribution in [1.82, 2.24) is 20.2 Å². The van der Waals surface area contributed by atoms with E-state index in [1.165, 1.54) is 47.6 Å². The van der Waals surface area contributed by atoms with Gasteiger partial charge < -0.3 is 10.2 Å². The van der Waals surface area contributed by atoms with Crippen molar-refractivity contribution in [2.24, 2.45) is 0 Å². The smallest absolute Gasteiger partial charge is 0.350 e. The molecule has 1 aliphatic rings. The van der Waals surface area contributed by atoms with Crippen LogP contribution in [-0.4, -0.2) is 46.4 Å². The van der Waals surface area contributed by atoms with E-state index in [1.807, 2.05) is 0 Å². The van der Waals surface area contributed by atoms with Gasteiger partial charge in [-0.05, 0) is 11.6 Å². The number of benzene rings is 1. The van der Waals surface area contributed by atoms with Crippen molar-refractivity contribution >= 4 is 29.4 Å². The summed E-state index contributed by atoms with van der Waals surface area (Å²) in [7, 11) is 1.46. The highest BCUT2D eigenvalue weighted by Crippen LogP contribution is 2.36. The number of nitrogens with zero attached hydrogens (tertiary/aromatic N) is 4. The molecule has 1 aromatic carbocycles. The summed E-state index contributed by atoms with van der Waals surface area (Å²) in [6.45, 7) is -0.165. The number of likely N-dealkylation sites (N-methyl/N-ethyl adjacent to an activating group) is 1. The molecule has 2 aromatic rings. The van der Waals surface area contributed by atoms with Gasteiger partial charge >= 0.3 is 12.2 Å². The van der Waals surface area contributed by atoms with Crippen LogP contribution in [0.5, 0.6) is 0 Å². The van der Waals surface area contributed by atoms with Gasteiger partial charge in [-0.1, -0.05) is 23.7 Å². The molecule has 0 saturated carbocycles. The molecule has 3 rings (SSSR count). The van der Waals surface area contributed by atoms with Crippen molar-refractivity contribution < 1.29 is 22.8 Å². The molecule has 1 fully saturated rings. The van der Waals surface area contributed by atoms with Crippen LogP contribution in [0, 0.1) is 0 Å². The maximum Gasteiger partial charge on any atom is 0.417 e. The fraction of sp³-hybridized carbons (Fsp3) is 0.294. The third-order valence-electron chi connectivity index (χ3n) is 4.32. The standard InChI is InChI=1S/C17H15ClF3N5O2/c1-25-12(9-26(16(25)28)13-8-22-5-6-23-13)15(27)24-7-10-3-2-4-11(14(10)18)17(19,20)21/h2-6,8,12H,7,9H2,1H3,(H,24,27)/t12-/m0/s1. The average molecular weight is 414 g/mol. The van der Waals surface area contributed by atoms with Crippen molar-refractivity contribution in [3.05, 3.63) is 52.9 Å². The third kappa shape index (κ3) is 3.86. The summed E-state index contributed by atoms with van der Waals surface area (Å²) in [6, 6.07) is 2.22. The second-order valence-electron chi connectivity index (χ2n) is 6.08. The summed E-state index contributed by atoms with van der Waals surface area (Å²) in [4.78, 5) is 35.3. The Morgan fingerprint density at radius 1 is 1.36 bits per heavy atom. The number of hydrogen-bond donors (Lipinski definition) is 1. The molecule has 0 bridgehead atoms. The minimum Gasteiger partial charge on any atom is -0.350 e. The number of rotatable bonds is 4. The van der Waals surface area contributed by atoms with Gasteiger partial charge in [0.25, 0.3) is 0 Å². The number of carbonyl (C=O) groups excluding carboxylic acids is 2. The molecule has 3 amide bonds. The monoisotopic (exact) mass is 413 g/mol. The van der Waals surface area contributed by atoms with E-state index in [2.05, 4.69) is 15.3 Å². The number of hydrogen-bond acceptors (Lipinski definition) is 4. The minimum atomic E-state index is -4.59. The van der Waals surface area contributed by atoms with Gasteiger partial charge in [-0.25, -0.2) is 9.78 Å². The fourth-order valence-electron chi connectivity index (χ4n) is 2.81. The Morgan fingerprint density at radius 2 is 2.11 bits per heavy atom. The molecule has 0 radical (unpaired) electrons. The topological polar surface area (TPSA) is 78.4 Å². The van der Waals surface area contributed by atoms with E-state index in [4.69, 9.17) is 11.6 Å². The zero-order chi connectivity index (χ0) is 20.5. The van der Waals surface area contributed by atoms with E-state index in [0.29, 0.717) is 5.82 Å². The maximum atomic E-state index is 12.9. The second-order valence-corrected chi connectivity index (χ2v) is 6.46. The molecule has 11 heteroatoms.